The maximum absolute atomic E-state index is 4.81. The molecule has 6 heteroatoms. The van der Waals surface area contributed by atoms with Gasteiger partial charge in [-0.3, -0.25) is 0 Å². The summed E-state index contributed by atoms with van der Waals surface area (Å²) >= 11 is -0.106. The van der Waals surface area contributed by atoms with Gasteiger partial charge in [-0.25, -0.2) is 24.3 Å². The Labute approximate surface area is 179 Å². The monoisotopic (exact) mass is 538 g/mol. The molecule has 2 aromatic carbocycles. The van der Waals surface area contributed by atoms with E-state index in [0.717, 1.165) is 17.2 Å². The van der Waals surface area contributed by atoms with Crippen LogP contribution in [0.4, 0.5) is 0 Å². The van der Waals surface area contributed by atoms with Crippen molar-refractivity contribution in [3.8, 4) is 0 Å². The van der Waals surface area contributed by atoms with E-state index in [9.17, 15) is 0 Å². The molecule has 0 aliphatic carbocycles. The predicted octanol–water partition coefficient (Wildman–Crippen LogP) is 6.39. The first kappa shape index (κ1) is 27.5. The topological polar surface area (TPSA) is 0 Å². The predicted molar refractivity (Wildman–Crippen MR) is 111 cm³/mol. The smallest absolute Gasteiger partial charge is 2.00 e. The maximum atomic E-state index is 4.81. The number of rotatable bonds is 2. The van der Waals surface area contributed by atoms with E-state index in [4.69, 9.17) is 19.1 Å². The van der Waals surface area contributed by atoms with Crippen molar-refractivity contribution in [3.05, 3.63) is 48.5 Å². The molecule has 2 unspecified atom stereocenters. The molecule has 142 valence electrons. The Morgan fingerprint density at radius 3 is 1.25 bits per heavy atom. The Balaban J connectivity index is 0. The average Bonchev–Trinajstić information content (AvgIpc) is 3.00. The molecule has 24 heavy (non-hydrogen) atoms. The van der Waals surface area contributed by atoms with Gasteiger partial charge in [-0.2, -0.15) is 24.3 Å². The van der Waals surface area contributed by atoms with Crippen LogP contribution in [0.25, 0.3) is 0 Å². The van der Waals surface area contributed by atoms with Gasteiger partial charge in [0, 0.05) is 0 Å². The third-order valence-electron chi connectivity index (χ3n) is 2.36. The molecule has 0 N–H and O–H groups in total. The molecule has 0 heterocycles. The second-order valence-electron chi connectivity index (χ2n) is 7.14. The minimum atomic E-state index is -0.106. The van der Waals surface area contributed by atoms with Crippen LogP contribution >= 0.6 is 36.2 Å². The summed E-state index contributed by atoms with van der Waals surface area (Å²) < 4.78 is 0. The van der Waals surface area contributed by atoms with Gasteiger partial charge in [0.2, 0.25) is 0 Å². The normalized spacial score (nSPS) is 11.8. The zero-order valence-corrected chi connectivity index (χ0v) is 21.2. The van der Waals surface area contributed by atoms with E-state index in [-0.39, 0.29) is 33.0 Å². The van der Waals surface area contributed by atoms with Gasteiger partial charge in [0.05, 0.1) is 0 Å². The first-order valence-corrected chi connectivity index (χ1v) is 13.4. The molecule has 0 aliphatic rings. The fourth-order valence-corrected chi connectivity index (χ4v) is 4.23. The largest absolute Gasteiger partial charge is 2.00 e. The molecular weight excluding hydrogens is 511 g/mol. The van der Waals surface area contributed by atoms with Crippen LogP contribution in [0.15, 0.2) is 48.5 Å². The maximum Gasteiger partial charge on any atom is 2.00 e. The summed E-state index contributed by atoms with van der Waals surface area (Å²) in [5.74, 6) is 0. The molecule has 0 fully saturated rings. The molecule has 2 rings (SSSR count). The van der Waals surface area contributed by atoms with Gasteiger partial charge in [0.15, 0.2) is 0 Å². The van der Waals surface area contributed by atoms with Gasteiger partial charge in [-0.15, -0.1) is 27.8 Å². The van der Waals surface area contributed by atoms with Crippen molar-refractivity contribution >= 4 is 46.8 Å². The number of hydrogen-bond donors (Lipinski definition) is 0. The minimum absolute atomic E-state index is 0. The van der Waals surface area contributed by atoms with E-state index in [2.05, 4.69) is 90.1 Å². The van der Waals surface area contributed by atoms with Crippen molar-refractivity contribution in [2.75, 3.05) is 0 Å². The van der Waals surface area contributed by atoms with Crippen LogP contribution in [-0.4, -0.2) is 10.3 Å². The van der Waals surface area contributed by atoms with Crippen molar-refractivity contribution in [3.63, 3.8) is 0 Å². The first-order valence-electron chi connectivity index (χ1n) is 7.39. The van der Waals surface area contributed by atoms with E-state index >= 15 is 0 Å². The molecule has 0 aliphatic heterocycles. The summed E-state index contributed by atoms with van der Waals surface area (Å²) in [5, 5.41) is 3.86. The van der Waals surface area contributed by atoms with Crippen molar-refractivity contribution in [2.45, 2.75) is 51.9 Å². The summed E-state index contributed by atoms with van der Waals surface area (Å²) in [6.45, 7) is 13.7. The molecule has 2 aromatic rings. The van der Waals surface area contributed by atoms with Gasteiger partial charge in [-0.05, 0) is 10.3 Å². The van der Waals surface area contributed by atoms with E-state index in [1.807, 2.05) is 0 Å². The van der Waals surface area contributed by atoms with Gasteiger partial charge in [0.1, 0.15) is 0 Å². The number of halogens is 2. The summed E-state index contributed by atoms with van der Waals surface area (Å²) in [4.78, 5) is 0. The molecule has 0 saturated heterocycles. The van der Waals surface area contributed by atoms with E-state index in [1.165, 1.54) is 10.6 Å². The molecule has 0 nitrogen and oxygen atoms in total. The molecule has 0 radical (unpaired) electrons. The Morgan fingerprint density at radius 2 is 1.08 bits per heavy atom. The van der Waals surface area contributed by atoms with Crippen LogP contribution in [-0.2, 0) is 33.0 Å². The second-order valence-corrected chi connectivity index (χ2v) is 14.2. The number of hydrogen-bond acceptors (Lipinski definition) is 0. The summed E-state index contributed by atoms with van der Waals surface area (Å²) in [5.41, 5.74) is 0. The van der Waals surface area contributed by atoms with Crippen LogP contribution in [0.3, 0.4) is 0 Å². The van der Waals surface area contributed by atoms with Gasteiger partial charge in [-0.1, -0.05) is 41.5 Å². The van der Waals surface area contributed by atoms with Crippen LogP contribution in [0.2, 0.25) is 0 Å². The third-order valence-corrected chi connectivity index (χ3v) is 5.11. The first-order chi connectivity index (χ1) is 10.6. The van der Waals surface area contributed by atoms with Crippen LogP contribution < -0.4 is 10.6 Å². The molecule has 0 saturated carbocycles. The van der Waals surface area contributed by atoms with Gasteiger partial charge >= 0.3 is 52.1 Å². The van der Waals surface area contributed by atoms with Crippen LogP contribution in [0.5, 0.6) is 0 Å². The SMILES string of the molecule is CC(C)(C)Pc1ccc[cH-]1.CC(C)(C)Pc1ccc[cH-]1.[Cl][Pd][Cl].[Fe+2]. The Bertz CT molecular complexity index is 440. The van der Waals surface area contributed by atoms with E-state index in [1.54, 1.807) is 0 Å². The Kier molecular flexibility index (Phi) is 16.5. The van der Waals surface area contributed by atoms with Gasteiger partial charge in [0.25, 0.3) is 0 Å². The van der Waals surface area contributed by atoms with Crippen molar-refractivity contribution in [1.29, 1.82) is 0 Å². The summed E-state index contributed by atoms with van der Waals surface area (Å²) in [6.07, 6.45) is 0. The Hall–Kier alpha value is 1.32. The van der Waals surface area contributed by atoms with Crippen molar-refractivity contribution in [2.24, 2.45) is 0 Å². The molecule has 2 atom stereocenters. The molecule has 0 aromatic heterocycles. The third kappa shape index (κ3) is 18.1. The molecule has 0 amide bonds. The zero-order chi connectivity index (χ0) is 17.9. The van der Waals surface area contributed by atoms with E-state index in [0.29, 0.717) is 10.3 Å². The second kappa shape index (κ2) is 14.4. The fourth-order valence-electron chi connectivity index (χ4n) is 1.78. The molecule has 0 spiro atoms. The van der Waals surface area contributed by atoms with Crippen LogP contribution in [0, 0.1) is 0 Å². The Morgan fingerprint density at radius 1 is 0.792 bits per heavy atom. The van der Waals surface area contributed by atoms with Crippen molar-refractivity contribution < 1.29 is 33.0 Å². The van der Waals surface area contributed by atoms with Gasteiger partial charge < -0.3 is 0 Å². The van der Waals surface area contributed by atoms with Crippen LogP contribution in [0.1, 0.15) is 41.5 Å². The average molecular weight is 540 g/mol. The van der Waals surface area contributed by atoms with E-state index < -0.39 is 0 Å². The van der Waals surface area contributed by atoms with Crippen molar-refractivity contribution in [1.82, 2.24) is 0 Å². The molecular formula is C18H28Cl2FeP2Pd. The minimum Gasteiger partial charge on any atom is 2.00 e. The molecule has 0 bridgehead atoms. The summed E-state index contributed by atoms with van der Waals surface area (Å²) in [6, 6.07) is 17.2. The standard InChI is InChI=1S/2C9H14P.2ClH.Fe.Pd/c2*1-9(2,3)10-8-6-4-5-7-8;;;;/h2*4-7,10H,1-3H3;2*1H;;/q2*-1;;;2*+2/p-2. The zero-order valence-electron chi connectivity index (χ0n) is 15.0. The fraction of sp³-hybridized carbons (Fsp3) is 0.444. The summed E-state index contributed by atoms with van der Waals surface area (Å²) in [7, 11) is 11.5. The quantitative estimate of drug-likeness (QED) is 0.236.